The zero-order chi connectivity index (χ0) is 15.4. The van der Waals surface area contributed by atoms with Gasteiger partial charge in [-0.3, -0.25) is 15.1 Å². The zero-order valence-corrected chi connectivity index (χ0v) is 11.6. The second-order valence-electron chi connectivity index (χ2n) is 4.58. The summed E-state index contributed by atoms with van der Waals surface area (Å²) in [6, 6.07) is 10.7. The van der Waals surface area contributed by atoms with Gasteiger partial charge in [-0.1, -0.05) is 34.9 Å². The summed E-state index contributed by atoms with van der Waals surface area (Å²) in [6.07, 6.45) is 3.39. The Bertz CT molecular complexity index is 789. The number of carbonyl (C=O) groups excluding carboxylic acids is 1. The maximum Gasteiger partial charge on any atom is 0.328 e. The highest BCUT2D eigenvalue weighted by atomic mass is 16.5. The Morgan fingerprint density at radius 2 is 1.95 bits per heavy atom. The van der Waals surface area contributed by atoms with Crippen molar-refractivity contribution in [1.29, 1.82) is 0 Å². The van der Waals surface area contributed by atoms with Gasteiger partial charge in [0, 0.05) is 18.0 Å². The first-order valence-corrected chi connectivity index (χ1v) is 6.60. The second-order valence-corrected chi connectivity index (χ2v) is 4.58. The summed E-state index contributed by atoms with van der Waals surface area (Å²) in [4.78, 5) is 20.0. The molecule has 3 rings (SSSR count). The third-order valence-electron chi connectivity index (χ3n) is 3.02. The lowest BCUT2D eigenvalue weighted by Crippen LogP contribution is -2.19. The minimum absolute atomic E-state index is 0.0475. The second kappa shape index (κ2) is 6.21. The Labute approximate surface area is 128 Å². The number of hydrogen-bond acceptors (Lipinski definition) is 5. The fourth-order valence-electron chi connectivity index (χ4n) is 1.92. The SMILES string of the molecule is [B]c1ccccc1CC(=O)Nc1nc(-c2ccncc2)no1. The van der Waals surface area contributed by atoms with Crippen LogP contribution < -0.4 is 10.8 Å². The summed E-state index contributed by atoms with van der Waals surface area (Å²) in [5, 5.41) is 6.37. The predicted octanol–water partition coefficient (Wildman–Crippen LogP) is 1.11. The highest BCUT2D eigenvalue weighted by Crippen LogP contribution is 2.16. The molecular weight excluding hydrogens is 279 g/mol. The first-order valence-electron chi connectivity index (χ1n) is 6.60. The molecule has 0 unspecified atom stereocenters. The van der Waals surface area contributed by atoms with Gasteiger partial charge in [0.05, 0.1) is 6.42 Å². The maximum absolute atomic E-state index is 12.0. The molecule has 3 aromatic rings. The van der Waals surface area contributed by atoms with Crippen molar-refractivity contribution < 1.29 is 9.32 Å². The summed E-state index contributed by atoms with van der Waals surface area (Å²) in [5.41, 5.74) is 2.07. The molecule has 0 aliphatic rings. The van der Waals surface area contributed by atoms with E-state index in [1.807, 2.05) is 12.1 Å². The fraction of sp³-hybridized carbons (Fsp3) is 0.0667. The summed E-state index contributed by atoms with van der Waals surface area (Å²) < 4.78 is 5.01. The molecule has 0 spiro atoms. The van der Waals surface area contributed by atoms with Crippen molar-refractivity contribution in [3.8, 4) is 11.4 Å². The smallest absolute Gasteiger partial charge is 0.315 e. The Morgan fingerprint density at radius 3 is 2.73 bits per heavy atom. The van der Waals surface area contributed by atoms with E-state index in [2.05, 4.69) is 20.4 Å². The molecule has 0 fully saturated rings. The van der Waals surface area contributed by atoms with E-state index in [4.69, 9.17) is 12.4 Å². The molecule has 0 saturated heterocycles. The molecule has 106 valence electrons. The van der Waals surface area contributed by atoms with Crippen molar-refractivity contribution >= 4 is 25.2 Å². The molecule has 0 aliphatic carbocycles. The van der Waals surface area contributed by atoms with Gasteiger partial charge < -0.3 is 4.52 Å². The van der Waals surface area contributed by atoms with Crippen LogP contribution in [0.25, 0.3) is 11.4 Å². The molecule has 7 heteroatoms. The van der Waals surface area contributed by atoms with Crippen molar-refractivity contribution in [2.45, 2.75) is 6.42 Å². The van der Waals surface area contributed by atoms with E-state index in [9.17, 15) is 4.79 Å². The standard InChI is InChI=1S/C15H11BN4O2/c16-12-4-2-1-3-11(12)9-13(21)18-15-19-14(20-22-15)10-5-7-17-8-6-10/h1-8H,9H2,(H,18,19,20,21). The van der Waals surface area contributed by atoms with E-state index in [0.29, 0.717) is 11.3 Å². The van der Waals surface area contributed by atoms with Crippen molar-refractivity contribution in [3.05, 3.63) is 54.4 Å². The van der Waals surface area contributed by atoms with Crippen LogP contribution in [-0.2, 0) is 11.2 Å². The molecule has 6 nitrogen and oxygen atoms in total. The van der Waals surface area contributed by atoms with Gasteiger partial charge >= 0.3 is 6.01 Å². The average Bonchev–Trinajstić information content (AvgIpc) is 2.99. The molecule has 0 bridgehead atoms. The van der Waals surface area contributed by atoms with Gasteiger partial charge in [0.15, 0.2) is 0 Å². The van der Waals surface area contributed by atoms with Crippen LogP contribution in [0.1, 0.15) is 5.56 Å². The Hall–Kier alpha value is -2.96. The van der Waals surface area contributed by atoms with Gasteiger partial charge in [0.1, 0.15) is 7.85 Å². The van der Waals surface area contributed by atoms with Gasteiger partial charge in [0.2, 0.25) is 11.7 Å². The number of amides is 1. The molecule has 22 heavy (non-hydrogen) atoms. The molecule has 2 radical (unpaired) electrons. The number of pyridine rings is 1. The Kier molecular flexibility index (Phi) is 3.96. The quantitative estimate of drug-likeness (QED) is 0.728. The minimum atomic E-state index is -0.275. The van der Waals surface area contributed by atoms with Crippen LogP contribution in [0, 0.1) is 0 Å². The fourth-order valence-corrected chi connectivity index (χ4v) is 1.92. The molecule has 2 heterocycles. The lowest BCUT2D eigenvalue weighted by atomic mass is 9.89. The van der Waals surface area contributed by atoms with E-state index in [1.165, 1.54) is 0 Å². The van der Waals surface area contributed by atoms with Gasteiger partial charge in [0.25, 0.3) is 0 Å². The number of anilines is 1. The van der Waals surface area contributed by atoms with Gasteiger partial charge in [-0.05, 0) is 17.7 Å². The number of carbonyl (C=O) groups is 1. The summed E-state index contributed by atoms with van der Waals surface area (Å²) in [6.45, 7) is 0. The molecule has 0 saturated carbocycles. The number of rotatable bonds is 4. The van der Waals surface area contributed by atoms with E-state index < -0.39 is 0 Å². The number of nitrogens with one attached hydrogen (secondary N) is 1. The van der Waals surface area contributed by atoms with E-state index in [1.54, 1.807) is 36.7 Å². The highest BCUT2D eigenvalue weighted by molar-refractivity contribution is 6.33. The molecular formula is C15H11BN4O2. The largest absolute Gasteiger partial charge is 0.328 e. The molecule has 0 aliphatic heterocycles. The van der Waals surface area contributed by atoms with Crippen LogP contribution in [0.3, 0.4) is 0 Å². The maximum atomic E-state index is 12.0. The van der Waals surface area contributed by atoms with Crippen LogP contribution in [0.15, 0.2) is 53.3 Å². The lowest BCUT2D eigenvalue weighted by molar-refractivity contribution is -0.115. The normalized spacial score (nSPS) is 10.4. The average molecular weight is 290 g/mol. The monoisotopic (exact) mass is 290 g/mol. The number of benzene rings is 1. The molecule has 1 aromatic carbocycles. The zero-order valence-electron chi connectivity index (χ0n) is 11.6. The van der Waals surface area contributed by atoms with Gasteiger partial charge in [-0.25, -0.2) is 0 Å². The summed E-state index contributed by atoms with van der Waals surface area (Å²) >= 11 is 0. The van der Waals surface area contributed by atoms with Crippen LogP contribution in [0.5, 0.6) is 0 Å². The molecule has 2 aromatic heterocycles. The van der Waals surface area contributed by atoms with Gasteiger partial charge in [-0.2, -0.15) is 4.98 Å². The first-order chi connectivity index (χ1) is 10.7. The van der Waals surface area contributed by atoms with Crippen molar-refractivity contribution in [3.63, 3.8) is 0 Å². The third-order valence-corrected chi connectivity index (χ3v) is 3.02. The Morgan fingerprint density at radius 1 is 1.18 bits per heavy atom. The third kappa shape index (κ3) is 3.20. The van der Waals surface area contributed by atoms with Crippen LogP contribution in [0.2, 0.25) is 0 Å². The number of nitrogens with zero attached hydrogens (tertiary/aromatic N) is 3. The lowest BCUT2D eigenvalue weighted by Gasteiger charge is -2.04. The van der Waals surface area contributed by atoms with Crippen molar-refractivity contribution in [1.82, 2.24) is 15.1 Å². The topological polar surface area (TPSA) is 80.9 Å². The first kappa shape index (κ1) is 14.0. The summed E-state index contributed by atoms with van der Waals surface area (Å²) in [5.74, 6) is 0.111. The summed E-state index contributed by atoms with van der Waals surface area (Å²) in [7, 11) is 5.81. The Balaban J connectivity index is 1.68. The van der Waals surface area contributed by atoms with Gasteiger partial charge in [-0.15, -0.1) is 0 Å². The van der Waals surface area contributed by atoms with Crippen molar-refractivity contribution in [2.24, 2.45) is 0 Å². The van der Waals surface area contributed by atoms with Crippen LogP contribution in [0.4, 0.5) is 6.01 Å². The van der Waals surface area contributed by atoms with E-state index in [-0.39, 0.29) is 18.3 Å². The highest BCUT2D eigenvalue weighted by Gasteiger charge is 2.12. The molecule has 0 atom stereocenters. The number of hydrogen-bond donors (Lipinski definition) is 1. The minimum Gasteiger partial charge on any atom is -0.315 e. The number of aromatic nitrogens is 3. The predicted molar refractivity (Wildman–Crippen MR) is 81.7 cm³/mol. The van der Waals surface area contributed by atoms with E-state index in [0.717, 1.165) is 11.1 Å². The van der Waals surface area contributed by atoms with E-state index >= 15 is 0 Å². The molecule has 1 N–H and O–H groups in total. The van der Waals surface area contributed by atoms with Crippen LogP contribution in [-0.4, -0.2) is 28.9 Å². The van der Waals surface area contributed by atoms with Crippen LogP contribution >= 0.6 is 0 Å². The van der Waals surface area contributed by atoms with Crippen molar-refractivity contribution in [2.75, 3.05) is 5.32 Å². The molecule has 1 amide bonds.